The average molecular weight is 271 g/mol. The van der Waals surface area contributed by atoms with Crippen molar-refractivity contribution in [1.29, 1.82) is 0 Å². The number of amides is 1. The molecule has 0 spiro atoms. The van der Waals surface area contributed by atoms with Crippen molar-refractivity contribution in [2.75, 3.05) is 19.8 Å². The van der Waals surface area contributed by atoms with Crippen LogP contribution in [0.4, 0.5) is 0 Å². The summed E-state index contributed by atoms with van der Waals surface area (Å²) in [7, 11) is 0. The van der Waals surface area contributed by atoms with Crippen molar-refractivity contribution < 1.29 is 19.4 Å². The van der Waals surface area contributed by atoms with Gasteiger partial charge in [-0.2, -0.15) is 0 Å². The third-order valence-corrected chi connectivity index (χ3v) is 3.85. The fourth-order valence-corrected chi connectivity index (χ4v) is 2.64. The van der Waals surface area contributed by atoms with Crippen molar-refractivity contribution in [3.63, 3.8) is 0 Å². The molecular weight excluding hydrogens is 246 g/mol. The first kappa shape index (κ1) is 16.0. The number of ether oxygens (including phenoxy) is 1. The Balaban J connectivity index is 2.86. The highest BCUT2D eigenvalue weighted by molar-refractivity contribution is 5.80. The van der Waals surface area contributed by atoms with Gasteiger partial charge in [-0.25, -0.2) is 0 Å². The number of carboxylic acid groups (broad SMARTS) is 1. The predicted octanol–water partition coefficient (Wildman–Crippen LogP) is 1.76. The minimum Gasteiger partial charge on any atom is -0.481 e. The zero-order valence-corrected chi connectivity index (χ0v) is 12.1. The Bertz CT molecular complexity index is 315. The van der Waals surface area contributed by atoms with Gasteiger partial charge in [0.2, 0.25) is 5.91 Å². The number of nitrogens with zero attached hydrogens (tertiary/aromatic N) is 1. The van der Waals surface area contributed by atoms with Gasteiger partial charge in [0.1, 0.15) is 5.92 Å². The number of carboxylic acids is 1. The van der Waals surface area contributed by atoms with Crippen LogP contribution in [-0.2, 0) is 14.3 Å². The molecule has 0 aromatic rings. The number of aliphatic carboxylic acids is 1. The molecule has 1 heterocycles. The lowest BCUT2D eigenvalue weighted by Crippen LogP contribution is -2.49. The van der Waals surface area contributed by atoms with Crippen LogP contribution in [0.1, 0.15) is 40.0 Å². The molecule has 0 aromatic heterocycles. The molecule has 1 rings (SSSR count). The molecule has 0 aliphatic carbocycles. The van der Waals surface area contributed by atoms with Crippen molar-refractivity contribution in [3.05, 3.63) is 0 Å². The predicted molar refractivity (Wildman–Crippen MR) is 71.8 cm³/mol. The number of carbonyl (C=O) groups is 2. The Kier molecular flexibility index (Phi) is 6.28. The van der Waals surface area contributed by atoms with Crippen LogP contribution in [0.25, 0.3) is 0 Å². The summed E-state index contributed by atoms with van der Waals surface area (Å²) in [6.07, 6.45) is 2.41. The first-order valence-electron chi connectivity index (χ1n) is 7.17. The number of carbonyl (C=O) groups excluding carboxylic acids is 1. The summed E-state index contributed by atoms with van der Waals surface area (Å²) in [5.41, 5.74) is 0. The summed E-state index contributed by atoms with van der Waals surface area (Å²) in [5.74, 6) is -1.40. The maximum absolute atomic E-state index is 12.5. The Hall–Kier alpha value is -1.10. The van der Waals surface area contributed by atoms with Gasteiger partial charge in [-0.05, 0) is 19.3 Å². The summed E-state index contributed by atoms with van der Waals surface area (Å²) in [4.78, 5) is 25.5. The Morgan fingerprint density at radius 3 is 2.37 bits per heavy atom. The molecule has 1 saturated heterocycles. The zero-order valence-electron chi connectivity index (χ0n) is 12.1. The molecule has 19 heavy (non-hydrogen) atoms. The van der Waals surface area contributed by atoms with E-state index in [4.69, 9.17) is 4.74 Å². The molecule has 110 valence electrons. The SMILES string of the molecule is CCCN(C(=O)C(CC)CC)C1COCC1C(=O)O. The quantitative estimate of drug-likeness (QED) is 0.766. The molecule has 1 aliphatic rings. The molecule has 2 atom stereocenters. The Morgan fingerprint density at radius 2 is 1.89 bits per heavy atom. The van der Waals surface area contributed by atoms with E-state index in [0.29, 0.717) is 13.2 Å². The second-order valence-electron chi connectivity index (χ2n) is 5.09. The van der Waals surface area contributed by atoms with Crippen molar-refractivity contribution in [3.8, 4) is 0 Å². The highest BCUT2D eigenvalue weighted by Gasteiger charge is 2.40. The smallest absolute Gasteiger partial charge is 0.311 e. The van der Waals surface area contributed by atoms with Crippen molar-refractivity contribution in [2.45, 2.75) is 46.1 Å². The van der Waals surface area contributed by atoms with Crippen LogP contribution in [0.15, 0.2) is 0 Å². The summed E-state index contributed by atoms with van der Waals surface area (Å²) < 4.78 is 5.28. The van der Waals surface area contributed by atoms with Crippen LogP contribution in [-0.4, -0.2) is 47.7 Å². The molecule has 2 unspecified atom stereocenters. The number of rotatable bonds is 7. The fourth-order valence-electron chi connectivity index (χ4n) is 2.64. The normalized spacial score (nSPS) is 22.7. The third kappa shape index (κ3) is 3.69. The first-order valence-corrected chi connectivity index (χ1v) is 7.17. The minimum absolute atomic E-state index is 0.0124. The minimum atomic E-state index is -0.874. The topological polar surface area (TPSA) is 66.8 Å². The maximum atomic E-state index is 12.5. The molecule has 5 nitrogen and oxygen atoms in total. The lowest BCUT2D eigenvalue weighted by molar-refractivity contribution is -0.146. The van der Waals surface area contributed by atoms with Crippen LogP contribution in [0.3, 0.4) is 0 Å². The largest absolute Gasteiger partial charge is 0.481 e. The molecule has 1 N–H and O–H groups in total. The average Bonchev–Trinajstić information content (AvgIpc) is 2.86. The van der Waals surface area contributed by atoms with Crippen molar-refractivity contribution in [1.82, 2.24) is 4.90 Å². The molecule has 1 aliphatic heterocycles. The lowest BCUT2D eigenvalue weighted by atomic mass is 9.97. The molecule has 0 radical (unpaired) electrons. The maximum Gasteiger partial charge on any atom is 0.311 e. The molecule has 1 fully saturated rings. The lowest BCUT2D eigenvalue weighted by Gasteiger charge is -2.32. The van der Waals surface area contributed by atoms with Gasteiger partial charge in [0.05, 0.1) is 19.3 Å². The van der Waals surface area contributed by atoms with Gasteiger partial charge in [0.15, 0.2) is 0 Å². The Morgan fingerprint density at radius 1 is 1.26 bits per heavy atom. The van der Waals surface area contributed by atoms with E-state index in [0.717, 1.165) is 19.3 Å². The van der Waals surface area contributed by atoms with Gasteiger partial charge < -0.3 is 14.7 Å². The van der Waals surface area contributed by atoms with E-state index >= 15 is 0 Å². The molecule has 0 bridgehead atoms. The molecule has 1 amide bonds. The molecule has 5 heteroatoms. The number of hydrogen-bond donors (Lipinski definition) is 1. The van der Waals surface area contributed by atoms with E-state index < -0.39 is 11.9 Å². The summed E-state index contributed by atoms with van der Waals surface area (Å²) in [6.45, 7) is 7.14. The summed E-state index contributed by atoms with van der Waals surface area (Å²) >= 11 is 0. The number of hydrogen-bond acceptors (Lipinski definition) is 3. The zero-order chi connectivity index (χ0) is 14.4. The van der Waals surface area contributed by atoms with Gasteiger partial charge in [0.25, 0.3) is 0 Å². The van der Waals surface area contributed by atoms with Gasteiger partial charge >= 0.3 is 5.97 Å². The first-order chi connectivity index (χ1) is 9.06. The summed E-state index contributed by atoms with van der Waals surface area (Å²) in [6, 6.07) is -0.314. The van der Waals surface area contributed by atoms with Crippen LogP contribution in [0.2, 0.25) is 0 Å². The van der Waals surface area contributed by atoms with E-state index in [-0.39, 0.29) is 24.5 Å². The Labute approximate surface area is 114 Å². The van der Waals surface area contributed by atoms with Crippen LogP contribution >= 0.6 is 0 Å². The van der Waals surface area contributed by atoms with E-state index in [1.54, 1.807) is 4.90 Å². The van der Waals surface area contributed by atoms with Crippen molar-refractivity contribution in [2.24, 2.45) is 11.8 Å². The fraction of sp³-hybridized carbons (Fsp3) is 0.857. The molecule has 0 aromatic carbocycles. The van der Waals surface area contributed by atoms with E-state index in [9.17, 15) is 14.7 Å². The van der Waals surface area contributed by atoms with Crippen LogP contribution in [0, 0.1) is 11.8 Å². The standard InChI is InChI=1S/C14H25NO4/c1-4-7-15(13(16)10(5-2)6-3)12-9-19-8-11(12)14(17)18/h10-12H,4-9H2,1-3H3,(H,17,18). The third-order valence-electron chi connectivity index (χ3n) is 3.85. The van der Waals surface area contributed by atoms with Crippen LogP contribution < -0.4 is 0 Å². The molecular formula is C14H25NO4. The second kappa shape index (κ2) is 7.48. The van der Waals surface area contributed by atoms with E-state index in [1.807, 2.05) is 20.8 Å². The second-order valence-corrected chi connectivity index (χ2v) is 5.09. The van der Waals surface area contributed by atoms with Gasteiger partial charge in [-0.3, -0.25) is 9.59 Å². The van der Waals surface area contributed by atoms with Gasteiger partial charge in [-0.1, -0.05) is 20.8 Å². The van der Waals surface area contributed by atoms with E-state index in [2.05, 4.69) is 0 Å². The van der Waals surface area contributed by atoms with Crippen molar-refractivity contribution >= 4 is 11.9 Å². The van der Waals surface area contributed by atoms with Crippen LogP contribution in [0.5, 0.6) is 0 Å². The highest BCUT2D eigenvalue weighted by atomic mass is 16.5. The summed E-state index contributed by atoms with van der Waals surface area (Å²) in [5, 5.41) is 9.22. The highest BCUT2D eigenvalue weighted by Crippen LogP contribution is 2.24. The van der Waals surface area contributed by atoms with Gasteiger partial charge in [0, 0.05) is 12.5 Å². The van der Waals surface area contributed by atoms with E-state index in [1.165, 1.54) is 0 Å². The molecule has 0 saturated carbocycles. The monoisotopic (exact) mass is 271 g/mol. The van der Waals surface area contributed by atoms with Gasteiger partial charge in [-0.15, -0.1) is 0 Å².